The van der Waals surface area contributed by atoms with Gasteiger partial charge in [-0.2, -0.15) is 5.06 Å². The monoisotopic (exact) mass is 318 g/mol. The lowest BCUT2D eigenvalue weighted by Crippen LogP contribution is -2.63. The zero-order chi connectivity index (χ0) is 17.3. The Labute approximate surface area is 139 Å². The molecule has 0 spiro atoms. The second-order valence-corrected chi connectivity index (χ2v) is 8.14. The third-order valence-electron chi connectivity index (χ3n) is 4.82. The van der Waals surface area contributed by atoms with E-state index in [9.17, 15) is 10.0 Å². The first kappa shape index (κ1) is 18.0. The van der Waals surface area contributed by atoms with E-state index in [-0.39, 0.29) is 28.9 Å². The molecule has 4 heteroatoms. The molecule has 2 rings (SSSR count). The smallest absolute Gasteiger partial charge is 0.223 e. The lowest BCUT2D eigenvalue weighted by Gasteiger charge is -2.51. The van der Waals surface area contributed by atoms with E-state index in [4.69, 9.17) is 0 Å². The van der Waals surface area contributed by atoms with E-state index in [1.807, 2.05) is 52.8 Å². The molecule has 128 valence electrons. The van der Waals surface area contributed by atoms with E-state index in [0.717, 1.165) is 19.3 Å². The van der Waals surface area contributed by atoms with Crippen LogP contribution in [0.3, 0.4) is 0 Å². The minimum Gasteiger partial charge on any atom is -0.353 e. The molecule has 1 saturated heterocycles. The number of rotatable bonds is 4. The van der Waals surface area contributed by atoms with Crippen molar-refractivity contribution in [3.8, 4) is 0 Å². The van der Waals surface area contributed by atoms with Gasteiger partial charge in [-0.25, -0.2) is 0 Å². The second-order valence-electron chi connectivity index (χ2n) is 8.14. The number of hydrogen-bond donors (Lipinski definition) is 2. The zero-order valence-corrected chi connectivity index (χ0v) is 15.0. The number of nitrogens with zero attached hydrogens (tertiary/aromatic N) is 1. The van der Waals surface area contributed by atoms with Gasteiger partial charge in [0.2, 0.25) is 5.91 Å². The Morgan fingerprint density at radius 2 is 1.74 bits per heavy atom. The predicted molar refractivity (Wildman–Crippen MR) is 92.3 cm³/mol. The quantitative estimate of drug-likeness (QED) is 0.894. The summed E-state index contributed by atoms with van der Waals surface area (Å²) >= 11 is 0. The van der Waals surface area contributed by atoms with Gasteiger partial charge in [-0.05, 0) is 52.5 Å². The number of hydrogen-bond acceptors (Lipinski definition) is 3. The molecule has 1 aromatic rings. The summed E-state index contributed by atoms with van der Waals surface area (Å²) in [5.41, 5.74) is 0.492. The molecule has 0 saturated carbocycles. The Balaban J connectivity index is 1.97. The van der Waals surface area contributed by atoms with E-state index in [1.165, 1.54) is 10.6 Å². The predicted octanol–water partition coefficient (Wildman–Crippen LogP) is 3.39. The first-order chi connectivity index (χ1) is 10.6. The highest BCUT2D eigenvalue weighted by atomic mass is 16.5. The van der Waals surface area contributed by atoms with Crippen molar-refractivity contribution in [3.05, 3.63) is 35.9 Å². The highest BCUT2D eigenvalue weighted by Crippen LogP contribution is 2.36. The molecular formula is C19H30N2O2. The highest BCUT2D eigenvalue weighted by Gasteiger charge is 2.45. The second kappa shape index (κ2) is 6.62. The molecule has 0 bridgehead atoms. The number of carbonyl (C=O) groups excluding carboxylic acids is 1. The largest absolute Gasteiger partial charge is 0.353 e. The standard InChI is InChI=1S/C19H30N2O2/c1-14(11-15-9-7-6-8-10-15)17(22)20-16-12-18(2,3)21(23)19(4,5)13-16/h6-10,14,16,23H,11-13H2,1-5H3,(H,20,22). The number of hydroxylamine groups is 2. The van der Waals surface area contributed by atoms with Crippen LogP contribution in [0.2, 0.25) is 0 Å². The molecule has 1 aromatic carbocycles. The van der Waals surface area contributed by atoms with Gasteiger partial charge in [0.05, 0.1) is 0 Å². The van der Waals surface area contributed by atoms with Crippen LogP contribution < -0.4 is 5.32 Å². The molecule has 0 aromatic heterocycles. The molecule has 0 radical (unpaired) electrons. The Morgan fingerprint density at radius 3 is 2.26 bits per heavy atom. The SMILES string of the molecule is CC(Cc1ccccc1)C(=O)NC1CC(C)(C)N(O)C(C)(C)C1. The van der Waals surface area contributed by atoms with E-state index >= 15 is 0 Å². The number of nitrogens with one attached hydrogen (secondary N) is 1. The summed E-state index contributed by atoms with van der Waals surface area (Å²) < 4.78 is 0. The summed E-state index contributed by atoms with van der Waals surface area (Å²) in [6.07, 6.45) is 2.24. The van der Waals surface area contributed by atoms with E-state index in [2.05, 4.69) is 17.4 Å². The molecule has 1 atom stereocenters. The Kier molecular flexibility index (Phi) is 5.17. The fourth-order valence-electron chi connectivity index (χ4n) is 3.78. The molecule has 1 unspecified atom stereocenters. The van der Waals surface area contributed by atoms with Gasteiger partial charge >= 0.3 is 0 Å². The topological polar surface area (TPSA) is 52.6 Å². The average molecular weight is 318 g/mol. The summed E-state index contributed by atoms with van der Waals surface area (Å²) in [4.78, 5) is 12.5. The fraction of sp³-hybridized carbons (Fsp3) is 0.632. The molecule has 1 fully saturated rings. The van der Waals surface area contributed by atoms with Crippen molar-refractivity contribution in [1.29, 1.82) is 0 Å². The van der Waals surface area contributed by atoms with E-state index < -0.39 is 0 Å². The minimum atomic E-state index is -0.345. The molecule has 2 N–H and O–H groups in total. The Morgan fingerprint density at radius 1 is 1.22 bits per heavy atom. The van der Waals surface area contributed by atoms with Gasteiger partial charge in [0, 0.05) is 23.0 Å². The van der Waals surface area contributed by atoms with Crippen molar-refractivity contribution in [2.24, 2.45) is 5.92 Å². The summed E-state index contributed by atoms with van der Waals surface area (Å²) in [5, 5.41) is 15.0. The van der Waals surface area contributed by atoms with Crippen molar-refractivity contribution >= 4 is 5.91 Å². The van der Waals surface area contributed by atoms with Crippen molar-refractivity contribution in [2.75, 3.05) is 0 Å². The average Bonchev–Trinajstić information content (AvgIpc) is 2.45. The van der Waals surface area contributed by atoms with Gasteiger partial charge in [-0.3, -0.25) is 4.79 Å². The lowest BCUT2D eigenvalue weighted by atomic mass is 9.79. The van der Waals surface area contributed by atoms with Crippen LogP contribution in [0.15, 0.2) is 30.3 Å². The maximum absolute atomic E-state index is 12.5. The van der Waals surface area contributed by atoms with Crippen LogP contribution in [0.1, 0.15) is 53.0 Å². The summed E-state index contributed by atoms with van der Waals surface area (Å²) in [7, 11) is 0. The molecule has 1 aliphatic rings. The van der Waals surface area contributed by atoms with Gasteiger partial charge in [-0.1, -0.05) is 37.3 Å². The third-order valence-corrected chi connectivity index (χ3v) is 4.82. The zero-order valence-electron chi connectivity index (χ0n) is 15.0. The third kappa shape index (κ3) is 4.33. The highest BCUT2D eigenvalue weighted by molar-refractivity contribution is 5.79. The van der Waals surface area contributed by atoms with Gasteiger partial charge < -0.3 is 10.5 Å². The van der Waals surface area contributed by atoms with Crippen LogP contribution in [0, 0.1) is 5.92 Å². The molecule has 1 aliphatic heterocycles. The summed E-state index contributed by atoms with van der Waals surface area (Å²) in [6, 6.07) is 10.2. The van der Waals surface area contributed by atoms with Crippen molar-refractivity contribution in [3.63, 3.8) is 0 Å². The molecule has 1 amide bonds. The normalized spacial score (nSPS) is 22.5. The Bertz CT molecular complexity index is 522. The number of carbonyl (C=O) groups is 1. The Hall–Kier alpha value is -1.39. The number of piperidine rings is 1. The maximum atomic E-state index is 12.5. The van der Waals surface area contributed by atoms with Crippen LogP contribution in [0.4, 0.5) is 0 Å². The minimum absolute atomic E-state index is 0.0595. The first-order valence-electron chi connectivity index (χ1n) is 8.45. The van der Waals surface area contributed by atoms with E-state index in [0.29, 0.717) is 0 Å². The van der Waals surface area contributed by atoms with Crippen molar-refractivity contribution < 1.29 is 10.0 Å². The van der Waals surface area contributed by atoms with Gasteiger partial charge in [-0.15, -0.1) is 0 Å². The van der Waals surface area contributed by atoms with Gasteiger partial charge in [0.15, 0.2) is 0 Å². The first-order valence-corrected chi connectivity index (χ1v) is 8.45. The molecule has 4 nitrogen and oxygen atoms in total. The number of benzene rings is 1. The van der Waals surface area contributed by atoms with Crippen LogP contribution in [0.25, 0.3) is 0 Å². The van der Waals surface area contributed by atoms with Crippen molar-refractivity contribution in [1.82, 2.24) is 10.4 Å². The van der Waals surface area contributed by atoms with Crippen LogP contribution >= 0.6 is 0 Å². The lowest BCUT2D eigenvalue weighted by molar-refractivity contribution is -0.246. The van der Waals surface area contributed by atoms with Crippen LogP contribution in [-0.2, 0) is 11.2 Å². The molecule has 0 aliphatic carbocycles. The van der Waals surface area contributed by atoms with E-state index in [1.54, 1.807) is 0 Å². The van der Waals surface area contributed by atoms with Gasteiger partial charge in [0.1, 0.15) is 0 Å². The van der Waals surface area contributed by atoms with Crippen LogP contribution in [-0.4, -0.2) is 33.3 Å². The number of amides is 1. The summed E-state index contributed by atoms with van der Waals surface area (Å²) in [5.74, 6) is 0.0348. The van der Waals surface area contributed by atoms with Crippen LogP contribution in [0.5, 0.6) is 0 Å². The molecule has 23 heavy (non-hydrogen) atoms. The maximum Gasteiger partial charge on any atom is 0.223 e. The fourth-order valence-corrected chi connectivity index (χ4v) is 3.78. The van der Waals surface area contributed by atoms with Gasteiger partial charge in [0.25, 0.3) is 0 Å². The summed E-state index contributed by atoms with van der Waals surface area (Å²) in [6.45, 7) is 10.0. The molecular weight excluding hydrogens is 288 g/mol. The van der Waals surface area contributed by atoms with Crippen molar-refractivity contribution in [2.45, 2.75) is 71.0 Å². The molecule has 1 heterocycles.